The van der Waals surface area contributed by atoms with Crippen LogP contribution in [0.25, 0.3) is 0 Å². The Morgan fingerprint density at radius 1 is 1.27 bits per heavy atom. The fourth-order valence-electron chi connectivity index (χ4n) is 3.12. The Kier molecular flexibility index (Phi) is 5.37. The van der Waals surface area contributed by atoms with Gasteiger partial charge in [0.25, 0.3) is 0 Å². The van der Waals surface area contributed by atoms with Gasteiger partial charge in [-0.2, -0.15) is 0 Å². The molecule has 144 valence electrons. The smallest absolute Gasteiger partial charge is 0.408 e. The highest BCUT2D eigenvalue weighted by molar-refractivity contribution is 7.92. The summed E-state index contributed by atoms with van der Waals surface area (Å²) in [7, 11) is -2.06. The van der Waals surface area contributed by atoms with Crippen molar-refractivity contribution in [3.8, 4) is 5.75 Å². The molecule has 1 saturated carbocycles. The molecule has 26 heavy (non-hydrogen) atoms. The zero-order chi connectivity index (χ0) is 19.8. The number of hydrogen-bond acceptors (Lipinski definition) is 6. The molecular formula is C18H25NO6S. The number of carbonyl (C=O) groups excluding carboxylic acids is 2. The summed E-state index contributed by atoms with van der Waals surface area (Å²) in [5.74, 6) is -0.194. The molecule has 0 spiro atoms. The van der Waals surface area contributed by atoms with Crippen LogP contribution in [0.3, 0.4) is 0 Å². The third kappa shape index (κ3) is 3.85. The summed E-state index contributed by atoms with van der Waals surface area (Å²) in [6.45, 7) is 6.58. The number of rotatable bonds is 6. The lowest BCUT2D eigenvalue weighted by Crippen LogP contribution is -2.45. The van der Waals surface area contributed by atoms with E-state index in [-0.39, 0.29) is 5.75 Å². The molecule has 8 heteroatoms. The minimum Gasteiger partial charge on any atom is -0.497 e. The highest BCUT2D eigenvalue weighted by Crippen LogP contribution is 2.55. The van der Waals surface area contributed by atoms with E-state index in [1.807, 2.05) is 0 Å². The van der Waals surface area contributed by atoms with E-state index in [2.05, 4.69) is 5.32 Å². The molecule has 0 heterocycles. The predicted octanol–water partition coefficient (Wildman–Crippen LogP) is 2.06. The van der Waals surface area contributed by atoms with Gasteiger partial charge in [0.15, 0.2) is 9.84 Å². The topological polar surface area (TPSA) is 98.8 Å². The molecule has 1 N–H and O–H groups in total. The van der Waals surface area contributed by atoms with Gasteiger partial charge in [-0.3, -0.25) is 0 Å². The van der Waals surface area contributed by atoms with E-state index >= 15 is 0 Å². The molecule has 1 aliphatic carbocycles. The average molecular weight is 383 g/mol. The molecule has 0 saturated heterocycles. The summed E-state index contributed by atoms with van der Waals surface area (Å²) in [4.78, 5) is 24.1. The van der Waals surface area contributed by atoms with E-state index in [1.54, 1.807) is 45.0 Å². The number of methoxy groups -OCH3 is 1. The molecule has 3 atom stereocenters. The Morgan fingerprint density at radius 3 is 2.27 bits per heavy atom. The summed E-state index contributed by atoms with van der Waals surface area (Å²) >= 11 is 0. The largest absolute Gasteiger partial charge is 0.497 e. The molecule has 0 aromatic heterocycles. The summed E-state index contributed by atoms with van der Waals surface area (Å²) in [6, 6.07) is 6.77. The number of carbonyl (C=O) groups is 2. The summed E-state index contributed by atoms with van der Waals surface area (Å²) in [5, 5.41) is 1.47. The normalized spacial score (nSPS) is 25.3. The van der Waals surface area contributed by atoms with Crippen LogP contribution in [0.4, 0.5) is 4.79 Å². The van der Waals surface area contributed by atoms with Crippen molar-refractivity contribution >= 4 is 22.2 Å². The molecule has 1 fully saturated rings. The number of ether oxygens (including phenoxy) is 2. The number of aldehydes is 1. The first-order valence-electron chi connectivity index (χ1n) is 8.33. The van der Waals surface area contributed by atoms with Gasteiger partial charge >= 0.3 is 6.09 Å². The van der Waals surface area contributed by atoms with E-state index in [1.165, 1.54) is 14.0 Å². The number of alkyl carbamates (subject to hydrolysis) is 1. The molecule has 0 unspecified atom stereocenters. The van der Waals surface area contributed by atoms with Crippen molar-refractivity contribution in [1.82, 2.24) is 5.32 Å². The summed E-state index contributed by atoms with van der Waals surface area (Å²) < 4.78 is 35.4. The van der Waals surface area contributed by atoms with Crippen LogP contribution in [-0.2, 0) is 19.4 Å². The zero-order valence-electron chi connectivity index (χ0n) is 15.6. The van der Waals surface area contributed by atoms with Gasteiger partial charge in [-0.05, 0) is 38.5 Å². The van der Waals surface area contributed by atoms with Crippen molar-refractivity contribution < 1.29 is 27.5 Å². The van der Waals surface area contributed by atoms with Crippen LogP contribution in [0.2, 0.25) is 0 Å². The second kappa shape index (κ2) is 6.90. The predicted molar refractivity (Wildman–Crippen MR) is 97.1 cm³/mol. The lowest BCUT2D eigenvalue weighted by Gasteiger charge is -2.22. The molecule has 1 amide bonds. The molecule has 1 aromatic rings. The van der Waals surface area contributed by atoms with Gasteiger partial charge < -0.3 is 19.6 Å². The van der Waals surface area contributed by atoms with Crippen LogP contribution in [0.15, 0.2) is 24.3 Å². The van der Waals surface area contributed by atoms with E-state index in [0.29, 0.717) is 17.6 Å². The molecule has 0 aliphatic heterocycles. The van der Waals surface area contributed by atoms with Gasteiger partial charge in [0, 0.05) is 11.7 Å². The van der Waals surface area contributed by atoms with E-state index in [4.69, 9.17) is 9.47 Å². The number of hydrogen-bond donors (Lipinski definition) is 1. The standard InChI is InChI=1S/C18H25NO6S/c1-6-26(22,23)15-14(12-7-9-13(24-5)10-8-12)18(15,11-20)19-16(21)25-17(2,3)4/h7-11,14-15H,6H2,1-5H3,(H,19,21)/t14-,15-,18+/m0/s1. The molecule has 0 radical (unpaired) electrons. The highest BCUT2D eigenvalue weighted by atomic mass is 32.2. The molecule has 1 aliphatic rings. The van der Waals surface area contributed by atoms with Gasteiger partial charge in [0.2, 0.25) is 0 Å². The Bertz CT molecular complexity index is 781. The fourth-order valence-corrected chi connectivity index (χ4v) is 5.05. The van der Waals surface area contributed by atoms with Crippen LogP contribution >= 0.6 is 0 Å². The van der Waals surface area contributed by atoms with Crippen LogP contribution in [-0.4, -0.2) is 50.0 Å². The average Bonchev–Trinajstić information content (AvgIpc) is 3.22. The minimum absolute atomic E-state index is 0.129. The molecular weight excluding hydrogens is 358 g/mol. The first-order chi connectivity index (χ1) is 12.0. The van der Waals surface area contributed by atoms with Gasteiger partial charge in [-0.15, -0.1) is 0 Å². The van der Waals surface area contributed by atoms with Crippen LogP contribution in [0.5, 0.6) is 5.75 Å². The summed E-state index contributed by atoms with van der Waals surface area (Å²) in [5.41, 5.74) is -1.67. The van der Waals surface area contributed by atoms with E-state index < -0.39 is 38.2 Å². The number of nitrogens with one attached hydrogen (secondary N) is 1. The Hall–Kier alpha value is -2.09. The lowest BCUT2D eigenvalue weighted by atomic mass is 10.1. The Morgan fingerprint density at radius 2 is 1.85 bits per heavy atom. The van der Waals surface area contributed by atoms with Crippen molar-refractivity contribution in [2.24, 2.45) is 0 Å². The lowest BCUT2D eigenvalue weighted by molar-refractivity contribution is -0.110. The van der Waals surface area contributed by atoms with Gasteiger partial charge in [-0.1, -0.05) is 19.1 Å². The van der Waals surface area contributed by atoms with Gasteiger partial charge in [0.1, 0.15) is 28.4 Å². The van der Waals surface area contributed by atoms with Crippen molar-refractivity contribution in [3.63, 3.8) is 0 Å². The number of sulfone groups is 1. The van der Waals surface area contributed by atoms with Crippen LogP contribution in [0, 0.1) is 0 Å². The SMILES string of the molecule is CCS(=O)(=O)[C@H]1[C@H](c2ccc(OC)cc2)[C@@]1(C=O)NC(=O)OC(C)(C)C. The van der Waals surface area contributed by atoms with Crippen molar-refractivity contribution in [2.75, 3.05) is 12.9 Å². The maximum absolute atomic E-state index is 12.5. The molecule has 0 bridgehead atoms. The Labute approximate surface area is 154 Å². The first kappa shape index (κ1) is 20.2. The molecule has 1 aromatic carbocycles. The Balaban J connectivity index is 2.39. The van der Waals surface area contributed by atoms with Crippen LogP contribution < -0.4 is 10.1 Å². The fraction of sp³-hybridized carbons (Fsp3) is 0.556. The third-order valence-corrected chi connectivity index (χ3v) is 6.60. The van der Waals surface area contributed by atoms with Crippen molar-refractivity contribution in [2.45, 2.75) is 50.0 Å². The van der Waals surface area contributed by atoms with Crippen molar-refractivity contribution in [1.29, 1.82) is 0 Å². The van der Waals surface area contributed by atoms with Crippen LogP contribution in [0.1, 0.15) is 39.2 Å². The monoisotopic (exact) mass is 383 g/mol. The van der Waals surface area contributed by atoms with E-state index in [9.17, 15) is 18.0 Å². The van der Waals surface area contributed by atoms with E-state index in [0.717, 1.165) is 0 Å². The number of benzene rings is 1. The van der Waals surface area contributed by atoms with Crippen molar-refractivity contribution in [3.05, 3.63) is 29.8 Å². The second-order valence-electron chi connectivity index (χ2n) is 7.30. The second-order valence-corrected chi connectivity index (χ2v) is 9.71. The zero-order valence-corrected chi connectivity index (χ0v) is 16.4. The first-order valence-corrected chi connectivity index (χ1v) is 10.1. The number of amides is 1. The maximum Gasteiger partial charge on any atom is 0.408 e. The molecule has 7 nitrogen and oxygen atoms in total. The molecule has 2 rings (SSSR count). The maximum atomic E-state index is 12.5. The van der Waals surface area contributed by atoms with Gasteiger partial charge in [0.05, 0.1) is 7.11 Å². The third-order valence-electron chi connectivity index (χ3n) is 4.36. The summed E-state index contributed by atoms with van der Waals surface area (Å²) in [6.07, 6.45) is -0.319. The minimum atomic E-state index is -3.58. The highest BCUT2D eigenvalue weighted by Gasteiger charge is 2.72. The van der Waals surface area contributed by atoms with Gasteiger partial charge in [-0.25, -0.2) is 13.2 Å². The quantitative estimate of drug-likeness (QED) is 0.755.